The van der Waals surface area contributed by atoms with Crippen LogP contribution < -0.4 is 14.8 Å². The molecule has 0 aliphatic carbocycles. The molecule has 1 saturated heterocycles. The van der Waals surface area contributed by atoms with Crippen molar-refractivity contribution in [1.82, 2.24) is 10.2 Å². The fourth-order valence-electron chi connectivity index (χ4n) is 3.04. The number of hydrogen-bond acceptors (Lipinski definition) is 5. The standard InChI is InChI=1S/C21H28N2O3.2ClH/c1-24-20-9-5-8-19(16-22-10-11-23-12-14-25-15-13-23)21(20)26-17-18-6-3-2-4-7-18;;/h2-9,22H,10-17H2,1H3;2*1H. The van der Waals surface area contributed by atoms with Crippen molar-refractivity contribution < 1.29 is 14.2 Å². The zero-order valence-corrected chi connectivity index (χ0v) is 17.9. The van der Waals surface area contributed by atoms with Gasteiger partial charge in [0.2, 0.25) is 0 Å². The largest absolute Gasteiger partial charge is 0.493 e. The number of hydrogen-bond donors (Lipinski definition) is 1. The van der Waals surface area contributed by atoms with Gasteiger partial charge in [0.1, 0.15) is 6.61 Å². The second-order valence-corrected chi connectivity index (χ2v) is 6.35. The predicted molar refractivity (Wildman–Crippen MR) is 117 cm³/mol. The second kappa shape index (κ2) is 13.6. The van der Waals surface area contributed by atoms with Crippen LogP contribution in [0.2, 0.25) is 0 Å². The van der Waals surface area contributed by atoms with Crippen LogP contribution in [0.1, 0.15) is 11.1 Å². The number of para-hydroxylation sites is 1. The lowest BCUT2D eigenvalue weighted by Gasteiger charge is -2.26. The zero-order chi connectivity index (χ0) is 18.0. The van der Waals surface area contributed by atoms with E-state index in [-0.39, 0.29) is 24.8 Å². The van der Waals surface area contributed by atoms with Crippen LogP contribution in [0.5, 0.6) is 11.5 Å². The maximum Gasteiger partial charge on any atom is 0.166 e. The maximum atomic E-state index is 6.10. The van der Waals surface area contributed by atoms with Gasteiger partial charge in [-0.25, -0.2) is 0 Å². The lowest BCUT2D eigenvalue weighted by molar-refractivity contribution is 0.0384. The summed E-state index contributed by atoms with van der Waals surface area (Å²) in [7, 11) is 1.68. The van der Waals surface area contributed by atoms with Crippen molar-refractivity contribution in [3.63, 3.8) is 0 Å². The summed E-state index contributed by atoms with van der Waals surface area (Å²) in [5.41, 5.74) is 2.26. The number of nitrogens with zero attached hydrogens (tertiary/aromatic N) is 1. The number of methoxy groups -OCH3 is 1. The van der Waals surface area contributed by atoms with Gasteiger partial charge < -0.3 is 19.5 Å². The van der Waals surface area contributed by atoms with E-state index in [4.69, 9.17) is 14.2 Å². The molecule has 0 radical (unpaired) electrons. The summed E-state index contributed by atoms with van der Waals surface area (Å²) in [5.74, 6) is 1.59. The van der Waals surface area contributed by atoms with Gasteiger partial charge >= 0.3 is 0 Å². The molecular weight excluding hydrogens is 399 g/mol. The van der Waals surface area contributed by atoms with E-state index in [9.17, 15) is 0 Å². The molecule has 1 heterocycles. The summed E-state index contributed by atoms with van der Waals surface area (Å²) in [5, 5.41) is 3.52. The summed E-state index contributed by atoms with van der Waals surface area (Å²) in [6.07, 6.45) is 0. The van der Waals surface area contributed by atoms with Gasteiger partial charge in [-0.05, 0) is 11.6 Å². The van der Waals surface area contributed by atoms with Crippen molar-refractivity contribution >= 4 is 24.8 Å². The predicted octanol–water partition coefficient (Wildman–Crippen LogP) is 3.54. The zero-order valence-electron chi connectivity index (χ0n) is 16.3. The lowest BCUT2D eigenvalue weighted by atomic mass is 10.1. The van der Waals surface area contributed by atoms with Gasteiger partial charge in [0.25, 0.3) is 0 Å². The van der Waals surface area contributed by atoms with Crippen LogP contribution >= 0.6 is 24.8 Å². The lowest BCUT2D eigenvalue weighted by Crippen LogP contribution is -2.40. The van der Waals surface area contributed by atoms with Crippen molar-refractivity contribution in [2.45, 2.75) is 13.2 Å². The normalized spacial score (nSPS) is 13.9. The van der Waals surface area contributed by atoms with E-state index >= 15 is 0 Å². The van der Waals surface area contributed by atoms with Crippen LogP contribution in [0, 0.1) is 0 Å². The van der Waals surface area contributed by atoms with E-state index in [0.29, 0.717) is 6.61 Å². The quantitative estimate of drug-likeness (QED) is 0.618. The molecular formula is C21H30Cl2N2O3. The molecule has 1 N–H and O–H groups in total. The molecule has 0 atom stereocenters. The van der Waals surface area contributed by atoms with Gasteiger partial charge in [0.05, 0.1) is 20.3 Å². The fourth-order valence-corrected chi connectivity index (χ4v) is 3.04. The molecule has 0 bridgehead atoms. The fraction of sp³-hybridized carbons (Fsp3) is 0.429. The smallest absolute Gasteiger partial charge is 0.166 e. The van der Waals surface area contributed by atoms with Gasteiger partial charge in [-0.1, -0.05) is 42.5 Å². The first kappa shape index (κ1) is 24.5. The third kappa shape index (κ3) is 7.49. The molecule has 0 amide bonds. The first-order valence-electron chi connectivity index (χ1n) is 9.20. The average molecular weight is 429 g/mol. The molecule has 1 aliphatic heterocycles. The summed E-state index contributed by atoms with van der Waals surface area (Å²) in [6, 6.07) is 16.2. The molecule has 0 aromatic heterocycles. The summed E-state index contributed by atoms with van der Waals surface area (Å²) >= 11 is 0. The van der Waals surface area contributed by atoms with E-state index in [2.05, 4.69) is 28.4 Å². The summed E-state index contributed by atoms with van der Waals surface area (Å²) in [4.78, 5) is 2.43. The first-order valence-corrected chi connectivity index (χ1v) is 9.20. The highest BCUT2D eigenvalue weighted by atomic mass is 35.5. The van der Waals surface area contributed by atoms with Crippen molar-refractivity contribution in [2.24, 2.45) is 0 Å². The number of rotatable bonds is 9. The Kier molecular flexibility index (Phi) is 12.0. The number of benzene rings is 2. The Balaban J connectivity index is 0.00000196. The van der Waals surface area contributed by atoms with E-state index in [1.165, 1.54) is 0 Å². The molecule has 0 unspecified atom stereocenters. The first-order chi connectivity index (χ1) is 12.9. The molecule has 1 aliphatic rings. The van der Waals surface area contributed by atoms with Crippen LogP contribution in [0.15, 0.2) is 48.5 Å². The van der Waals surface area contributed by atoms with E-state index < -0.39 is 0 Å². The monoisotopic (exact) mass is 428 g/mol. The van der Waals surface area contributed by atoms with Gasteiger partial charge in [-0.3, -0.25) is 4.90 Å². The third-order valence-electron chi connectivity index (χ3n) is 4.53. The van der Waals surface area contributed by atoms with E-state index in [0.717, 1.165) is 68.6 Å². The van der Waals surface area contributed by atoms with Crippen molar-refractivity contribution in [1.29, 1.82) is 0 Å². The number of halogens is 2. The van der Waals surface area contributed by atoms with Crippen LogP contribution in [0.25, 0.3) is 0 Å². The third-order valence-corrected chi connectivity index (χ3v) is 4.53. The molecule has 1 fully saturated rings. The van der Waals surface area contributed by atoms with Crippen molar-refractivity contribution in [3.05, 3.63) is 59.7 Å². The SMILES string of the molecule is COc1cccc(CNCCN2CCOCC2)c1OCc1ccccc1.Cl.Cl. The van der Waals surface area contributed by atoms with E-state index in [1.54, 1.807) is 7.11 Å². The van der Waals surface area contributed by atoms with Gasteiger partial charge in [-0.15, -0.1) is 24.8 Å². The van der Waals surface area contributed by atoms with E-state index in [1.807, 2.05) is 30.3 Å². The maximum absolute atomic E-state index is 6.10. The van der Waals surface area contributed by atoms with Crippen LogP contribution in [0.4, 0.5) is 0 Å². The Morgan fingerprint density at radius 2 is 1.75 bits per heavy atom. The Morgan fingerprint density at radius 1 is 1.00 bits per heavy atom. The number of ether oxygens (including phenoxy) is 3. The molecule has 3 rings (SSSR count). The van der Waals surface area contributed by atoms with Crippen molar-refractivity contribution in [2.75, 3.05) is 46.5 Å². The molecule has 2 aromatic carbocycles. The Morgan fingerprint density at radius 3 is 2.46 bits per heavy atom. The number of morpholine rings is 1. The van der Waals surface area contributed by atoms with Gasteiger partial charge in [0, 0.05) is 38.3 Å². The Labute approximate surface area is 180 Å². The minimum absolute atomic E-state index is 0. The average Bonchev–Trinajstić information content (AvgIpc) is 2.71. The Hall–Kier alpha value is -1.50. The highest BCUT2D eigenvalue weighted by molar-refractivity contribution is 5.85. The molecule has 156 valence electrons. The highest BCUT2D eigenvalue weighted by Gasteiger charge is 2.12. The molecule has 0 saturated carbocycles. The molecule has 2 aromatic rings. The summed E-state index contributed by atoms with van der Waals surface area (Å²) < 4.78 is 17.0. The Bertz CT molecular complexity index is 668. The van der Waals surface area contributed by atoms with Crippen LogP contribution in [-0.4, -0.2) is 51.4 Å². The van der Waals surface area contributed by atoms with Gasteiger partial charge in [0.15, 0.2) is 11.5 Å². The minimum atomic E-state index is 0. The van der Waals surface area contributed by atoms with Crippen LogP contribution in [0.3, 0.4) is 0 Å². The van der Waals surface area contributed by atoms with Crippen molar-refractivity contribution in [3.8, 4) is 11.5 Å². The van der Waals surface area contributed by atoms with Gasteiger partial charge in [-0.2, -0.15) is 0 Å². The minimum Gasteiger partial charge on any atom is -0.493 e. The topological polar surface area (TPSA) is 43.0 Å². The van der Waals surface area contributed by atoms with Crippen LogP contribution in [-0.2, 0) is 17.9 Å². The molecule has 28 heavy (non-hydrogen) atoms. The molecule has 7 heteroatoms. The highest BCUT2D eigenvalue weighted by Crippen LogP contribution is 2.31. The summed E-state index contributed by atoms with van der Waals surface area (Å²) in [6.45, 7) is 6.98. The molecule has 5 nitrogen and oxygen atoms in total. The molecule has 0 spiro atoms. The second-order valence-electron chi connectivity index (χ2n) is 6.35. The number of nitrogens with one attached hydrogen (secondary N) is 1.